The highest BCUT2D eigenvalue weighted by atomic mass is 16.2. The lowest BCUT2D eigenvalue weighted by molar-refractivity contribution is 0.0655. The van der Waals surface area contributed by atoms with Crippen LogP contribution in [0.15, 0.2) is 72.8 Å². The van der Waals surface area contributed by atoms with Crippen LogP contribution in [0, 0.1) is 0 Å². The molecule has 37 heavy (non-hydrogen) atoms. The summed E-state index contributed by atoms with van der Waals surface area (Å²) in [5, 5.41) is 4.03. The Bertz CT molecular complexity index is 1440. The van der Waals surface area contributed by atoms with E-state index in [0.29, 0.717) is 42.8 Å². The first-order valence-corrected chi connectivity index (χ1v) is 12.5. The second kappa shape index (κ2) is 10.4. The lowest BCUT2D eigenvalue weighted by Gasteiger charge is -2.14. The first-order chi connectivity index (χ1) is 17.9. The van der Waals surface area contributed by atoms with Crippen LogP contribution >= 0.6 is 0 Å². The highest BCUT2D eigenvalue weighted by Crippen LogP contribution is 2.27. The molecule has 0 aliphatic carbocycles. The standard InChI is InChI=1S/C30H30N4O3/c1-33(2)16-15-22-25-18-20(14-17-34-29(36)23-10-6-7-11-24(23)30(34)37)12-13-26(25)32-27(22)28(35)31-19-21-8-4-3-5-9-21/h3-13,18,32H,14-17,19H2,1-2H3,(H,31,35). The van der Waals surface area contributed by atoms with E-state index in [1.54, 1.807) is 24.3 Å². The molecule has 0 fully saturated rings. The minimum Gasteiger partial charge on any atom is -0.350 e. The van der Waals surface area contributed by atoms with Crippen molar-refractivity contribution in [3.63, 3.8) is 0 Å². The van der Waals surface area contributed by atoms with Gasteiger partial charge in [-0.2, -0.15) is 0 Å². The maximum absolute atomic E-state index is 13.2. The van der Waals surface area contributed by atoms with Gasteiger partial charge in [-0.1, -0.05) is 48.5 Å². The predicted octanol–water partition coefficient (Wildman–Crippen LogP) is 4.04. The van der Waals surface area contributed by atoms with E-state index in [1.165, 1.54) is 4.90 Å². The molecule has 0 bridgehead atoms. The maximum atomic E-state index is 13.2. The third-order valence-electron chi connectivity index (χ3n) is 6.80. The van der Waals surface area contributed by atoms with Crippen LogP contribution in [0.4, 0.5) is 0 Å². The predicted molar refractivity (Wildman–Crippen MR) is 144 cm³/mol. The summed E-state index contributed by atoms with van der Waals surface area (Å²) in [5.41, 5.74) is 5.41. The van der Waals surface area contributed by atoms with E-state index < -0.39 is 0 Å². The van der Waals surface area contributed by atoms with E-state index in [2.05, 4.69) is 21.3 Å². The van der Waals surface area contributed by atoms with Crippen molar-refractivity contribution in [2.75, 3.05) is 27.2 Å². The number of fused-ring (bicyclic) bond motifs is 2. The molecule has 7 heteroatoms. The van der Waals surface area contributed by atoms with Crippen LogP contribution in [-0.2, 0) is 19.4 Å². The van der Waals surface area contributed by atoms with Gasteiger partial charge in [-0.25, -0.2) is 0 Å². The fraction of sp³-hybridized carbons (Fsp3) is 0.233. The molecule has 188 valence electrons. The zero-order valence-electron chi connectivity index (χ0n) is 21.1. The molecule has 0 saturated carbocycles. The largest absolute Gasteiger partial charge is 0.350 e. The van der Waals surface area contributed by atoms with E-state index in [1.807, 2.05) is 56.6 Å². The van der Waals surface area contributed by atoms with Crippen molar-refractivity contribution in [2.45, 2.75) is 19.4 Å². The van der Waals surface area contributed by atoms with E-state index in [4.69, 9.17) is 0 Å². The second-order valence-corrected chi connectivity index (χ2v) is 9.64. The molecule has 1 aliphatic heterocycles. The number of imide groups is 1. The first kappa shape index (κ1) is 24.5. The van der Waals surface area contributed by atoms with Crippen LogP contribution in [0.2, 0.25) is 0 Å². The monoisotopic (exact) mass is 494 g/mol. The Hall–Kier alpha value is -4.23. The summed E-state index contributed by atoms with van der Waals surface area (Å²) >= 11 is 0. The minimum atomic E-state index is -0.243. The van der Waals surface area contributed by atoms with Gasteiger partial charge in [0.25, 0.3) is 17.7 Å². The molecular weight excluding hydrogens is 464 g/mol. The molecule has 2 N–H and O–H groups in total. The second-order valence-electron chi connectivity index (χ2n) is 9.64. The molecule has 0 unspecified atom stereocenters. The molecule has 4 aromatic rings. The van der Waals surface area contributed by atoms with Crippen molar-refractivity contribution in [3.05, 3.63) is 106 Å². The third kappa shape index (κ3) is 5.04. The van der Waals surface area contributed by atoms with Crippen LogP contribution in [-0.4, -0.2) is 59.7 Å². The van der Waals surface area contributed by atoms with Gasteiger partial charge in [0.1, 0.15) is 5.69 Å². The SMILES string of the molecule is CN(C)CCc1c(C(=O)NCc2ccccc2)[nH]c2ccc(CCN3C(=O)c4ccccc4C3=O)cc12. The van der Waals surface area contributed by atoms with Gasteiger partial charge in [-0.15, -0.1) is 0 Å². The maximum Gasteiger partial charge on any atom is 0.268 e. The van der Waals surface area contributed by atoms with Crippen LogP contribution < -0.4 is 5.32 Å². The Labute approximate surface area is 216 Å². The highest BCUT2D eigenvalue weighted by Gasteiger charge is 2.34. The highest BCUT2D eigenvalue weighted by molar-refractivity contribution is 6.21. The van der Waals surface area contributed by atoms with Gasteiger partial charge in [0.05, 0.1) is 11.1 Å². The zero-order chi connectivity index (χ0) is 25.9. The molecule has 3 amide bonds. The number of hydrogen-bond acceptors (Lipinski definition) is 4. The average Bonchev–Trinajstić information content (AvgIpc) is 3.39. The third-order valence-corrected chi connectivity index (χ3v) is 6.80. The molecule has 0 spiro atoms. The Morgan fingerprint density at radius 2 is 1.54 bits per heavy atom. The number of nitrogens with one attached hydrogen (secondary N) is 2. The fourth-order valence-corrected chi connectivity index (χ4v) is 4.79. The quantitative estimate of drug-likeness (QED) is 0.344. The normalized spacial score (nSPS) is 13.0. The van der Waals surface area contributed by atoms with Gasteiger partial charge in [-0.05, 0) is 67.9 Å². The molecular formula is C30H30N4O3. The summed E-state index contributed by atoms with van der Waals surface area (Å²) in [7, 11) is 4.02. The van der Waals surface area contributed by atoms with Gasteiger partial charge in [-0.3, -0.25) is 19.3 Å². The molecule has 0 radical (unpaired) electrons. The van der Waals surface area contributed by atoms with Gasteiger partial charge in [0.2, 0.25) is 0 Å². The summed E-state index contributed by atoms with van der Waals surface area (Å²) in [4.78, 5) is 45.4. The lowest BCUT2D eigenvalue weighted by atomic mass is 10.0. The van der Waals surface area contributed by atoms with Crippen LogP contribution in [0.5, 0.6) is 0 Å². The average molecular weight is 495 g/mol. The van der Waals surface area contributed by atoms with Crippen LogP contribution in [0.1, 0.15) is 47.9 Å². The Morgan fingerprint density at radius 1 is 0.865 bits per heavy atom. The summed E-state index contributed by atoms with van der Waals surface area (Å²) in [5.74, 6) is -0.624. The summed E-state index contributed by atoms with van der Waals surface area (Å²) < 4.78 is 0. The number of likely N-dealkylation sites (N-methyl/N-ethyl adjacent to an activating group) is 1. The number of aromatic amines is 1. The van der Waals surface area contributed by atoms with E-state index >= 15 is 0 Å². The molecule has 2 heterocycles. The number of carbonyl (C=O) groups is 3. The van der Waals surface area contributed by atoms with Crippen LogP contribution in [0.25, 0.3) is 10.9 Å². The van der Waals surface area contributed by atoms with E-state index in [-0.39, 0.29) is 17.7 Å². The number of amides is 3. The minimum absolute atomic E-state index is 0.138. The number of aromatic nitrogens is 1. The Balaban J connectivity index is 1.37. The zero-order valence-corrected chi connectivity index (χ0v) is 21.1. The molecule has 7 nitrogen and oxygen atoms in total. The van der Waals surface area contributed by atoms with E-state index in [0.717, 1.165) is 34.1 Å². The number of H-pyrrole nitrogens is 1. The molecule has 3 aromatic carbocycles. The Morgan fingerprint density at radius 3 is 2.22 bits per heavy atom. The van der Waals surface area contributed by atoms with Crippen LogP contribution in [0.3, 0.4) is 0 Å². The number of hydrogen-bond donors (Lipinski definition) is 2. The van der Waals surface area contributed by atoms with Crippen molar-refractivity contribution < 1.29 is 14.4 Å². The van der Waals surface area contributed by atoms with Crippen molar-refractivity contribution >= 4 is 28.6 Å². The number of benzene rings is 3. The molecule has 0 atom stereocenters. The Kier molecular flexibility index (Phi) is 6.88. The summed E-state index contributed by atoms with van der Waals surface area (Å²) in [6.45, 7) is 1.55. The number of carbonyl (C=O) groups excluding carboxylic acids is 3. The fourth-order valence-electron chi connectivity index (χ4n) is 4.79. The van der Waals surface area contributed by atoms with E-state index in [9.17, 15) is 14.4 Å². The molecule has 1 aliphatic rings. The topological polar surface area (TPSA) is 85.5 Å². The van der Waals surface area contributed by atoms with Gasteiger partial charge in [0, 0.05) is 30.5 Å². The summed E-state index contributed by atoms with van der Waals surface area (Å²) in [6.07, 6.45) is 1.25. The van der Waals surface area contributed by atoms with Crippen molar-refractivity contribution in [1.82, 2.24) is 20.1 Å². The smallest absolute Gasteiger partial charge is 0.268 e. The molecule has 0 saturated heterocycles. The first-order valence-electron chi connectivity index (χ1n) is 12.5. The number of rotatable bonds is 9. The molecule has 1 aromatic heterocycles. The molecule has 5 rings (SSSR count). The van der Waals surface area contributed by atoms with Gasteiger partial charge >= 0.3 is 0 Å². The number of nitrogens with zero attached hydrogens (tertiary/aromatic N) is 2. The van der Waals surface area contributed by atoms with Crippen molar-refractivity contribution in [1.29, 1.82) is 0 Å². The van der Waals surface area contributed by atoms with Crippen molar-refractivity contribution in [3.8, 4) is 0 Å². The van der Waals surface area contributed by atoms with Gasteiger partial charge in [0.15, 0.2) is 0 Å². The lowest BCUT2D eigenvalue weighted by Crippen LogP contribution is -2.31. The van der Waals surface area contributed by atoms with Gasteiger partial charge < -0.3 is 15.2 Å². The van der Waals surface area contributed by atoms with Crippen molar-refractivity contribution in [2.24, 2.45) is 0 Å². The summed E-state index contributed by atoms with van der Waals surface area (Å²) in [6, 6.07) is 22.8.